The van der Waals surface area contributed by atoms with Gasteiger partial charge in [0.15, 0.2) is 5.78 Å². The highest BCUT2D eigenvalue weighted by Crippen LogP contribution is 2.24. The number of H-pyrrole nitrogens is 1. The van der Waals surface area contributed by atoms with E-state index >= 15 is 0 Å². The lowest BCUT2D eigenvalue weighted by molar-refractivity contribution is 0.0853. The summed E-state index contributed by atoms with van der Waals surface area (Å²) in [6.45, 7) is 8.45. The molecule has 0 saturated carbocycles. The Bertz CT molecular complexity index is 1220. The predicted molar refractivity (Wildman–Crippen MR) is 129 cm³/mol. The number of nitrogens with one attached hydrogen (secondary N) is 2. The first kappa shape index (κ1) is 23.4. The molecule has 0 unspecified atom stereocenters. The first-order valence-electron chi connectivity index (χ1n) is 11.2. The zero-order valence-corrected chi connectivity index (χ0v) is 19.8. The number of hydrogen-bond donors (Lipinski definition) is 2. The van der Waals surface area contributed by atoms with Gasteiger partial charge in [-0.2, -0.15) is 0 Å². The van der Waals surface area contributed by atoms with Gasteiger partial charge in [0.05, 0.1) is 17.6 Å². The van der Waals surface area contributed by atoms with Crippen LogP contribution in [-0.4, -0.2) is 70.8 Å². The summed E-state index contributed by atoms with van der Waals surface area (Å²) < 4.78 is 5.43. The number of amides is 2. The molecule has 2 N–H and O–H groups in total. The Morgan fingerprint density at radius 1 is 1.03 bits per heavy atom. The Labute approximate surface area is 198 Å². The van der Waals surface area contributed by atoms with Crippen LogP contribution in [0.25, 0.3) is 11.0 Å². The number of rotatable bonds is 4. The van der Waals surface area contributed by atoms with E-state index in [4.69, 9.17) is 4.74 Å². The molecule has 178 valence electrons. The molecule has 0 aliphatic carbocycles. The van der Waals surface area contributed by atoms with Crippen molar-refractivity contribution in [3.05, 3.63) is 53.9 Å². The van der Waals surface area contributed by atoms with Crippen LogP contribution in [0.4, 0.5) is 10.5 Å². The lowest BCUT2D eigenvalue weighted by atomic mass is 9.89. The maximum Gasteiger partial charge on any atom is 0.415 e. The molecule has 3 heterocycles. The van der Waals surface area contributed by atoms with Crippen LogP contribution in [0.2, 0.25) is 0 Å². The van der Waals surface area contributed by atoms with Crippen molar-refractivity contribution in [1.82, 2.24) is 19.8 Å². The number of Topliss-reactive ketones (excluding diaryl/α,β-unsaturated/α-hetero) is 1. The monoisotopic (exact) mass is 463 g/mol. The molecule has 9 heteroatoms. The summed E-state index contributed by atoms with van der Waals surface area (Å²) in [5.74, 6) is 0.0519. The van der Waals surface area contributed by atoms with Crippen LogP contribution < -0.4 is 10.1 Å². The molecule has 3 aromatic rings. The number of carbonyl (C=O) groups is 3. The van der Waals surface area contributed by atoms with Gasteiger partial charge in [0.25, 0.3) is 5.91 Å². The topological polar surface area (TPSA) is 108 Å². The van der Waals surface area contributed by atoms with Crippen LogP contribution in [0.1, 0.15) is 41.6 Å². The Kier molecular flexibility index (Phi) is 6.39. The van der Waals surface area contributed by atoms with Gasteiger partial charge in [-0.25, -0.2) is 9.78 Å². The number of pyridine rings is 1. The van der Waals surface area contributed by atoms with Crippen molar-refractivity contribution in [3.63, 3.8) is 0 Å². The number of aromatic nitrogens is 2. The Balaban J connectivity index is 1.39. The quantitative estimate of drug-likeness (QED) is 0.570. The molecular weight excluding hydrogens is 434 g/mol. The predicted octanol–water partition coefficient (Wildman–Crippen LogP) is 3.79. The summed E-state index contributed by atoms with van der Waals surface area (Å²) in [6.07, 6.45) is 1.15. The second-order valence-corrected chi connectivity index (χ2v) is 9.56. The number of aromatic amines is 1. The van der Waals surface area contributed by atoms with Crippen molar-refractivity contribution in [2.75, 3.05) is 38.5 Å². The molecule has 1 aliphatic heterocycles. The SMILES string of the molecule is CN1CCN(C(=O)Oc2ccc(C(=O)Nc3cnc4[nH]c(C(=O)C(C)(C)C)cc4c3)cc2)CC1. The van der Waals surface area contributed by atoms with Gasteiger partial charge in [-0.05, 0) is 43.4 Å². The van der Waals surface area contributed by atoms with E-state index in [1.165, 1.54) is 6.20 Å². The van der Waals surface area contributed by atoms with Crippen molar-refractivity contribution in [2.24, 2.45) is 5.41 Å². The van der Waals surface area contributed by atoms with Gasteiger partial charge in [0, 0.05) is 42.5 Å². The van der Waals surface area contributed by atoms with Gasteiger partial charge >= 0.3 is 6.09 Å². The van der Waals surface area contributed by atoms with E-state index in [-0.39, 0.29) is 17.8 Å². The Morgan fingerprint density at radius 2 is 1.71 bits per heavy atom. The molecule has 0 atom stereocenters. The second-order valence-electron chi connectivity index (χ2n) is 9.56. The van der Waals surface area contributed by atoms with Gasteiger partial charge in [-0.1, -0.05) is 20.8 Å². The number of nitrogens with zero attached hydrogens (tertiary/aromatic N) is 3. The number of ketones is 1. The normalized spacial score (nSPS) is 14.8. The molecule has 4 rings (SSSR count). The summed E-state index contributed by atoms with van der Waals surface area (Å²) in [5, 5.41) is 3.55. The molecule has 0 bridgehead atoms. The Hall–Kier alpha value is -3.72. The maximum atomic E-state index is 12.7. The minimum Gasteiger partial charge on any atom is -0.410 e. The number of anilines is 1. The summed E-state index contributed by atoms with van der Waals surface area (Å²) in [4.78, 5) is 48.7. The van der Waals surface area contributed by atoms with Crippen LogP contribution in [0.5, 0.6) is 5.75 Å². The number of ether oxygens (including phenoxy) is 1. The van der Waals surface area contributed by atoms with Crippen LogP contribution in [0.15, 0.2) is 42.6 Å². The highest BCUT2D eigenvalue weighted by Gasteiger charge is 2.25. The van der Waals surface area contributed by atoms with E-state index in [1.54, 1.807) is 41.3 Å². The van der Waals surface area contributed by atoms with Gasteiger partial charge < -0.3 is 24.8 Å². The fourth-order valence-electron chi connectivity index (χ4n) is 3.64. The van der Waals surface area contributed by atoms with Gasteiger partial charge in [0.2, 0.25) is 0 Å². The molecule has 2 aromatic heterocycles. The van der Waals surface area contributed by atoms with Crippen molar-refractivity contribution < 1.29 is 19.1 Å². The van der Waals surface area contributed by atoms with Crippen LogP contribution in [0.3, 0.4) is 0 Å². The molecule has 0 radical (unpaired) electrons. The van der Waals surface area contributed by atoms with E-state index in [2.05, 4.69) is 20.2 Å². The lowest BCUT2D eigenvalue weighted by Crippen LogP contribution is -2.48. The number of likely N-dealkylation sites (N-methyl/N-ethyl adjacent to an activating group) is 1. The largest absolute Gasteiger partial charge is 0.415 e. The molecule has 34 heavy (non-hydrogen) atoms. The fraction of sp³-hybridized carbons (Fsp3) is 0.360. The number of benzene rings is 1. The number of hydrogen-bond acceptors (Lipinski definition) is 6. The molecule has 1 aromatic carbocycles. The van der Waals surface area contributed by atoms with E-state index in [0.29, 0.717) is 41.4 Å². The first-order chi connectivity index (χ1) is 16.1. The minimum absolute atomic E-state index is 0.00972. The fourth-order valence-corrected chi connectivity index (χ4v) is 3.64. The minimum atomic E-state index is -0.511. The molecule has 1 fully saturated rings. The lowest BCUT2D eigenvalue weighted by Gasteiger charge is -2.31. The van der Waals surface area contributed by atoms with Crippen molar-refractivity contribution in [2.45, 2.75) is 20.8 Å². The molecule has 0 spiro atoms. The van der Waals surface area contributed by atoms with Gasteiger partial charge in [-0.3, -0.25) is 9.59 Å². The third-order valence-corrected chi connectivity index (χ3v) is 5.74. The van der Waals surface area contributed by atoms with Crippen LogP contribution in [0, 0.1) is 5.41 Å². The second kappa shape index (κ2) is 9.26. The zero-order valence-electron chi connectivity index (χ0n) is 19.8. The standard InChI is InChI=1S/C25H29N5O4/c1-25(2,3)21(31)20-14-17-13-18(15-26-22(17)28-20)27-23(32)16-5-7-19(8-6-16)34-24(33)30-11-9-29(4)10-12-30/h5-8,13-15H,9-12H2,1-4H3,(H,26,28)(H,27,32). The molecule has 2 amide bonds. The van der Waals surface area contributed by atoms with E-state index in [1.807, 2.05) is 27.8 Å². The third kappa shape index (κ3) is 5.26. The third-order valence-electron chi connectivity index (χ3n) is 5.74. The summed E-state index contributed by atoms with van der Waals surface area (Å²) >= 11 is 0. The number of piperazine rings is 1. The van der Waals surface area contributed by atoms with Gasteiger partial charge in [0.1, 0.15) is 11.4 Å². The van der Waals surface area contributed by atoms with Gasteiger partial charge in [-0.15, -0.1) is 0 Å². The molecule has 1 aliphatic rings. The van der Waals surface area contributed by atoms with Crippen molar-refractivity contribution in [3.8, 4) is 5.75 Å². The first-order valence-corrected chi connectivity index (χ1v) is 11.2. The number of fused-ring (bicyclic) bond motifs is 1. The van der Waals surface area contributed by atoms with Crippen LogP contribution >= 0.6 is 0 Å². The van der Waals surface area contributed by atoms with Crippen molar-refractivity contribution in [1.29, 1.82) is 0 Å². The van der Waals surface area contributed by atoms with E-state index in [0.717, 1.165) is 18.5 Å². The smallest absolute Gasteiger partial charge is 0.410 e. The summed E-state index contributed by atoms with van der Waals surface area (Å²) in [5.41, 5.74) is 1.48. The summed E-state index contributed by atoms with van der Waals surface area (Å²) in [7, 11) is 2.02. The zero-order chi connectivity index (χ0) is 24.5. The highest BCUT2D eigenvalue weighted by molar-refractivity contribution is 6.06. The summed E-state index contributed by atoms with van der Waals surface area (Å²) in [6, 6.07) is 9.91. The Morgan fingerprint density at radius 3 is 2.35 bits per heavy atom. The van der Waals surface area contributed by atoms with E-state index < -0.39 is 5.41 Å². The highest BCUT2D eigenvalue weighted by atomic mass is 16.6. The van der Waals surface area contributed by atoms with Crippen molar-refractivity contribution >= 4 is 34.5 Å². The average molecular weight is 464 g/mol. The van der Waals surface area contributed by atoms with Crippen LogP contribution in [-0.2, 0) is 0 Å². The molecular formula is C25H29N5O4. The molecule has 9 nitrogen and oxygen atoms in total. The van der Waals surface area contributed by atoms with E-state index in [9.17, 15) is 14.4 Å². The average Bonchev–Trinajstić information content (AvgIpc) is 3.22. The maximum absolute atomic E-state index is 12.7. The number of carbonyl (C=O) groups excluding carboxylic acids is 3. The molecule has 1 saturated heterocycles.